The SMILES string of the molecule is CCc1ccccc1-c1cccc(NC(=O)C(Cl)Cl)c1. The van der Waals surface area contributed by atoms with Crippen molar-refractivity contribution in [2.24, 2.45) is 0 Å². The Kier molecular flexibility index (Phi) is 5.05. The molecule has 0 radical (unpaired) electrons. The summed E-state index contributed by atoms with van der Waals surface area (Å²) in [6.07, 6.45) is 0.957. The molecule has 104 valence electrons. The minimum atomic E-state index is -1.07. The van der Waals surface area contributed by atoms with Crippen LogP contribution in [0.4, 0.5) is 5.69 Å². The number of benzene rings is 2. The number of alkyl halides is 2. The fourth-order valence-corrected chi connectivity index (χ4v) is 2.18. The Morgan fingerprint density at radius 1 is 1.15 bits per heavy atom. The number of aryl methyl sites for hydroxylation is 1. The van der Waals surface area contributed by atoms with Crippen LogP contribution in [-0.2, 0) is 11.2 Å². The van der Waals surface area contributed by atoms with Crippen molar-refractivity contribution in [1.82, 2.24) is 0 Å². The number of halogens is 2. The molecule has 0 bridgehead atoms. The van der Waals surface area contributed by atoms with E-state index in [2.05, 4.69) is 24.4 Å². The minimum absolute atomic E-state index is 0.422. The van der Waals surface area contributed by atoms with Crippen molar-refractivity contribution in [1.29, 1.82) is 0 Å². The topological polar surface area (TPSA) is 29.1 Å². The highest BCUT2D eigenvalue weighted by atomic mass is 35.5. The summed E-state index contributed by atoms with van der Waals surface area (Å²) < 4.78 is 0. The van der Waals surface area contributed by atoms with Gasteiger partial charge in [-0.3, -0.25) is 4.79 Å². The quantitative estimate of drug-likeness (QED) is 0.818. The van der Waals surface area contributed by atoms with Gasteiger partial charge in [0, 0.05) is 5.69 Å². The second-order valence-electron chi connectivity index (χ2n) is 4.38. The zero-order chi connectivity index (χ0) is 14.5. The number of carbonyl (C=O) groups is 1. The molecule has 0 spiro atoms. The van der Waals surface area contributed by atoms with Crippen molar-refractivity contribution in [3.8, 4) is 11.1 Å². The van der Waals surface area contributed by atoms with Gasteiger partial charge >= 0.3 is 0 Å². The zero-order valence-corrected chi connectivity index (χ0v) is 12.6. The molecule has 0 aliphatic carbocycles. The van der Waals surface area contributed by atoms with Gasteiger partial charge < -0.3 is 5.32 Å². The van der Waals surface area contributed by atoms with Gasteiger partial charge in [-0.25, -0.2) is 0 Å². The predicted octanol–water partition coefficient (Wildman–Crippen LogP) is 4.66. The van der Waals surface area contributed by atoms with E-state index in [9.17, 15) is 4.79 Å². The predicted molar refractivity (Wildman–Crippen MR) is 85.4 cm³/mol. The van der Waals surface area contributed by atoms with Crippen molar-refractivity contribution >= 4 is 34.8 Å². The van der Waals surface area contributed by atoms with Crippen LogP contribution in [0.2, 0.25) is 0 Å². The van der Waals surface area contributed by atoms with Crippen LogP contribution in [0.5, 0.6) is 0 Å². The van der Waals surface area contributed by atoms with Crippen molar-refractivity contribution in [3.63, 3.8) is 0 Å². The molecule has 2 nitrogen and oxygen atoms in total. The maximum absolute atomic E-state index is 11.5. The lowest BCUT2D eigenvalue weighted by Crippen LogP contribution is -2.18. The van der Waals surface area contributed by atoms with Crippen LogP contribution in [-0.4, -0.2) is 10.7 Å². The highest BCUT2D eigenvalue weighted by Crippen LogP contribution is 2.26. The molecule has 2 aromatic rings. The largest absolute Gasteiger partial charge is 0.324 e. The molecule has 4 heteroatoms. The monoisotopic (exact) mass is 307 g/mol. The molecule has 2 rings (SSSR count). The van der Waals surface area contributed by atoms with Gasteiger partial charge in [0.15, 0.2) is 4.84 Å². The average molecular weight is 308 g/mol. The fraction of sp³-hybridized carbons (Fsp3) is 0.188. The van der Waals surface area contributed by atoms with Crippen molar-refractivity contribution in [3.05, 3.63) is 54.1 Å². The van der Waals surface area contributed by atoms with Crippen LogP contribution in [0, 0.1) is 0 Å². The highest BCUT2D eigenvalue weighted by Gasteiger charge is 2.12. The van der Waals surface area contributed by atoms with E-state index in [1.54, 1.807) is 0 Å². The number of nitrogens with one attached hydrogen (secondary N) is 1. The molecule has 0 fully saturated rings. The summed E-state index contributed by atoms with van der Waals surface area (Å²) in [6, 6.07) is 15.9. The Hall–Kier alpha value is -1.51. The second kappa shape index (κ2) is 6.78. The van der Waals surface area contributed by atoms with Gasteiger partial charge in [0.2, 0.25) is 0 Å². The molecule has 0 unspecified atom stereocenters. The molecule has 0 saturated carbocycles. The van der Waals surface area contributed by atoms with Gasteiger partial charge in [0.25, 0.3) is 5.91 Å². The number of hydrogen-bond acceptors (Lipinski definition) is 1. The molecule has 1 N–H and O–H groups in total. The molecule has 2 aromatic carbocycles. The third kappa shape index (κ3) is 3.53. The average Bonchev–Trinajstić information content (AvgIpc) is 2.47. The lowest BCUT2D eigenvalue weighted by atomic mass is 9.98. The molecule has 0 aliphatic rings. The van der Waals surface area contributed by atoms with E-state index in [0.29, 0.717) is 5.69 Å². The summed E-state index contributed by atoms with van der Waals surface area (Å²) in [4.78, 5) is 10.4. The lowest BCUT2D eigenvalue weighted by Gasteiger charge is -2.10. The maximum atomic E-state index is 11.5. The Morgan fingerprint density at radius 3 is 2.60 bits per heavy atom. The van der Waals surface area contributed by atoms with E-state index in [4.69, 9.17) is 23.2 Å². The standard InChI is InChI=1S/C16H15Cl2NO/c1-2-11-6-3-4-9-14(11)12-7-5-8-13(10-12)19-16(20)15(17)18/h3-10,15H,2H2,1H3,(H,19,20). The van der Waals surface area contributed by atoms with E-state index < -0.39 is 10.7 Å². The Labute approximate surface area is 128 Å². The van der Waals surface area contributed by atoms with Gasteiger partial charge in [0.1, 0.15) is 0 Å². The highest BCUT2D eigenvalue weighted by molar-refractivity contribution is 6.54. The van der Waals surface area contributed by atoms with Crippen LogP contribution in [0.15, 0.2) is 48.5 Å². The molecule has 0 saturated heterocycles. The zero-order valence-electron chi connectivity index (χ0n) is 11.1. The fourth-order valence-electron chi connectivity index (χ4n) is 2.07. The van der Waals surface area contributed by atoms with E-state index in [-0.39, 0.29) is 0 Å². The normalized spacial score (nSPS) is 10.6. The summed E-state index contributed by atoms with van der Waals surface area (Å²) >= 11 is 11.1. The third-order valence-corrected chi connectivity index (χ3v) is 3.43. The van der Waals surface area contributed by atoms with Gasteiger partial charge in [-0.05, 0) is 35.2 Å². The second-order valence-corrected chi connectivity index (χ2v) is 5.48. The van der Waals surface area contributed by atoms with E-state index in [1.165, 1.54) is 11.1 Å². The first-order valence-electron chi connectivity index (χ1n) is 6.39. The summed E-state index contributed by atoms with van der Waals surface area (Å²) in [5.41, 5.74) is 4.17. The van der Waals surface area contributed by atoms with Gasteiger partial charge in [-0.2, -0.15) is 0 Å². The summed E-state index contributed by atoms with van der Waals surface area (Å²) in [6.45, 7) is 2.12. The molecular weight excluding hydrogens is 293 g/mol. The Balaban J connectivity index is 2.32. The number of anilines is 1. The molecule has 0 heterocycles. The molecule has 0 aromatic heterocycles. The number of hydrogen-bond donors (Lipinski definition) is 1. The molecular formula is C16H15Cl2NO. The van der Waals surface area contributed by atoms with Gasteiger partial charge in [0.05, 0.1) is 0 Å². The molecule has 20 heavy (non-hydrogen) atoms. The van der Waals surface area contributed by atoms with E-state index in [1.807, 2.05) is 36.4 Å². The lowest BCUT2D eigenvalue weighted by molar-refractivity contribution is -0.114. The van der Waals surface area contributed by atoms with E-state index in [0.717, 1.165) is 12.0 Å². The Morgan fingerprint density at radius 2 is 1.90 bits per heavy atom. The van der Waals surface area contributed by atoms with Crippen molar-refractivity contribution < 1.29 is 4.79 Å². The number of amides is 1. The van der Waals surface area contributed by atoms with Crippen LogP contribution in [0.25, 0.3) is 11.1 Å². The van der Waals surface area contributed by atoms with Crippen molar-refractivity contribution in [2.45, 2.75) is 18.2 Å². The molecule has 0 atom stereocenters. The first-order valence-corrected chi connectivity index (χ1v) is 7.26. The van der Waals surface area contributed by atoms with Crippen LogP contribution in [0.3, 0.4) is 0 Å². The van der Waals surface area contributed by atoms with Gasteiger partial charge in [-0.1, -0.05) is 66.5 Å². The summed E-state index contributed by atoms with van der Waals surface area (Å²) in [7, 11) is 0. The summed E-state index contributed by atoms with van der Waals surface area (Å²) in [5.74, 6) is -0.422. The first-order chi connectivity index (χ1) is 9.61. The Bertz CT molecular complexity index is 611. The number of rotatable bonds is 4. The summed E-state index contributed by atoms with van der Waals surface area (Å²) in [5, 5.41) is 2.69. The number of carbonyl (C=O) groups excluding carboxylic acids is 1. The van der Waals surface area contributed by atoms with Crippen LogP contribution >= 0.6 is 23.2 Å². The van der Waals surface area contributed by atoms with Crippen LogP contribution in [0.1, 0.15) is 12.5 Å². The maximum Gasteiger partial charge on any atom is 0.257 e. The third-order valence-electron chi connectivity index (χ3n) is 3.04. The smallest absolute Gasteiger partial charge is 0.257 e. The van der Waals surface area contributed by atoms with E-state index >= 15 is 0 Å². The van der Waals surface area contributed by atoms with Gasteiger partial charge in [-0.15, -0.1) is 0 Å². The van der Waals surface area contributed by atoms with Crippen molar-refractivity contribution in [2.75, 3.05) is 5.32 Å². The molecule has 0 aliphatic heterocycles. The minimum Gasteiger partial charge on any atom is -0.324 e. The first kappa shape index (κ1) is 14.9. The molecule has 1 amide bonds. The van der Waals surface area contributed by atoms with Crippen LogP contribution < -0.4 is 5.32 Å².